The number of hydrogen-bond donors (Lipinski definition) is 0. The van der Waals surface area contributed by atoms with Crippen molar-refractivity contribution in [3.8, 4) is 11.5 Å². The summed E-state index contributed by atoms with van der Waals surface area (Å²) in [4.78, 5) is 27.8. The molecule has 0 amide bonds. The lowest BCUT2D eigenvalue weighted by Gasteiger charge is -2.18. The number of benzene rings is 1. The van der Waals surface area contributed by atoms with Gasteiger partial charge in [0.15, 0.2) is 11.5 Å². The van der Waals surface area contributed by atoms with E-state index in [9.17, 15) is 9.59 Å². The van der Waals surface area contributed by atoms with Gasteiger partial charge in [0.1, 0.15) is 0 Å². The molecule has 1 heterocycles. The van der Waals surface area contributed by atoms with Crippen molar-refractivity contribution in [2.24, 2.45) is 0 Å². The Balaban J connectivity index is 2.78. The van der Waals surface area contributed by atoms with Crippen LogP contribution in [0.5, 0.6) is 11.5 Å². The largest absolute Gasteiger partial charge is 0.493 e. The van der Waals surface area contributed by atoms with Gasteiger partial charge in [-0.1, -0.05) is 0 Å². The Hall–Kier alpha value is -2.28. The van der Waals surface area contributed by atoms with Crippen LogP contribution in [0.3, 0.4) is 0 Å². The van der Waals surface area contributed by atoms with E-state index in [1.165, 1.54) is 18.8 Å². The third-order valence-electron chi connectivity index (χ3n) is 4.18. The first kappa shape index (κ1) is 19.1. The molecule has 7 nitrogen and oxygen atoms in total. The molecular weight excluding hydrogens is 322 g/mol. The monoisotopic (exact) mass is 349 g/mol. The summed E-state index contributed by atoms with van der Waals surface area (Å²) in [6, 6.07) is 3.13. The maximum atomic E-state index is 12.9. The lowest BCUT2D eigenvalue weighted by atomic mass is 10.2. The predicted octanol–water partition coefficient (Wildman–Crippen LogP) is 1.71. The zero-order chi connectivity index (χ0) is 18.7. The quantitative estimate of drug-likeness (QED) is 0.761. The van der Waals surface area contributed by atoms with Crippen molar-refractivity contribution in [1.82, 2.24) is 14.0 Å². The first-order valence-corrected chi connectivity index (χ1v) is 8.37. The van der Waals surface area contributed by atoms with Crippen LogP contribution in [0.4, 0.5) is 0 Å². The van der Waals surface area contributed by atoms with Crippen LogP contribution in [0.15, 0.2) is 21.7 Å². The second-order valence-corrected chi connectivity index (χ2v) is 6.58. The summed E-state index contributed by atoms with van der Waals surface area (Å²) in [5.41, 5.74) is -0.0263. The van der Waals surface area contributed by atoms with Gasteiger partial charge in [0.25, 0.3) is 5.56 Å². The average Bonchev–Trinajstić information content (AvgIpc) is 2.56. The molecule has 1 aromatic heterocycles. The maximum Gasteiger partial charge on any atom is 0.331 e. The number of hydrogen-bond acceptors (Lipinski definition) is 5. The molecule has 138 valence electrons. The van der Waals surface area contributed by atoms with E-state index in [4.69, 9.17) is 9.47 Å². The second kappa shape index (κ2) is 7.74. The van der Waals surface area contributed by atoms with Gasteiger partial charge in [-0.3, -0.25) is 13.9 Å². The van der Waals surface area contributed by atoms with Crippen LogP contribution in [-0.2, 0) is 6.54 Å². The van der Waals surface area contributed by atoms with Crippen molar-refractivity contribution in [3.05, 3.63) is 33.0 Å². The normalized spacial score (nSPS) is 11.5. The fourth-order valence-corrected chi connectivity index (χ4v) is 2.93. The van der Waals surface area contributed by atoms with Crippen LogP contribution in [-0.4, -0.2) is 48.9 Å². The molecule has 2 aromatic rings. The second-order valence-electron chi connectivity index (χ2n) is 6.58. The summed E-state index contributed by atoms with van der Waals surface area (Å²) < 4.78 is 13.6. The Labute approximate surface area is 147 Å². The number of nitrogens with zero attached hydrogens (tertiary/aromatic N) is 3. The van der Waals surface area contributed by atoms with E-state index < -0.39 is 0 Å². The molecule has 1 aromatic carbocycles. The minimum atomic E-state index is -0.306. The van der Waals surface area contributed by atoms with Crippen LogP contribution >= 0.6 is 0 Å². The van der Waals surface area contributed by atoms with E-state index in [1.807, 2.05) is 27.9 Å². The van der Waals surface area contributed by atoms with Gasteiger partial charge >= 0.3 is 5.69 Å². The molecule has 0 bridgehead atoms. The highest BCUT2D eigenvalue weighted by Crippen LogP contribution is 2.30. The Kier molecular flexibility index (Phi) is 5.89. The van der Waals surface area contributed by atoms with E-state index in [1.54, 1.807) is 16.7 Å². The molecule has 2 rings (SSSR count). The first-order chi connectivity index (χ1) is 11.8. The number of aromatic nitrogens is 2. The fraction of sp³-hybridized carbons (Fsp3) is 0.556. The predicted molar refractivity (Wildman–Crippen MR) is 99.1 cm³/mol. The van der Waals surface area contributed by atoms with Gasteiger partial charge in [-0.05, 0) is 47.0 Å². The molecule has 0 aliphatic rings. The van der Waals surface area contributed by atoms with Crippen LogP contribution in [0.25, 0.3) is 10.9 Å². The number of fused-ring (bicyclic) bond motifs is 1. The van der Waals surface area contributed by atoms with Crippen molar-refractivity contribution in [2.75, 3.05) is 34.9 Å². The lowest BCUT2D eigenvalue weighted by Crippen LogP contribution is -2.41. The molecule has 0 saturated carbocycles. The Morgan fingerprint density at radius 1 is 1.08 bits per heavy atom. The number of ether oxygens (including phenoxy) is 2. The summed E-state index contributed by atoms with van der Waals surface area (Å²) >= 11 is 0. The van der Waals surface area contributed by atoms with E-state index in [2.05, 4.69) is 4.90 Å². The standard InChI is InChI=1S/C18H27N3O4/c1-12(2)21-17(22)13-10-15(24-5)16(25-6)11-14(13)20(18(21)23)9-7-8-19(3)4/h10-12H,7-9H2,1-6H3. The molecule has 0 N–H and O–H groups in total. The molecule has 0 aliphatic carbocycles. The molecule has 0 radical (unpaired) electrons. The third-order valence-corrected chi connectivity index (χ3v) is 4.18. The SMILES string of the molecule is COc1cc2c(=O)n(C(C)C)c(=O)n(CCCN(C)C)c2cc1OC. The molecule has 25 heavy (non-hydrogen) atoms. The molecular formula is C18H27N3O4. The average molecular weight is 349 g/mol. The van der Waals surface area contributed by atoms with Crippen LogP contribution in [0, 0.1) is 0 Å². The van der Waals surface area contributed by atoms with E-state index in [0.717, 1.165) is 13.0 Å². The first-order valence-electron chi connectivity index (χ1n) is 8.37. The summed E-state index contributed by atoms with van der Waals surface area (Å²) in [6.45, 7) is 5.04. The minimum Gasteiger partial charge on any atom is -0.493 e. The molecule has 7 heteroatoms. The fourth-order valence-electron chi connectivity index (χ4n) is 2.93. The maximum absolute atomic E-state index is 12.9. The molecule has 0 unspecified atom stereocenters. The lowest BCUT2D eigenvalue weighted by molar-refractivity contribution is 0.355. The Morgan fingerprint density at radius 3 is 2.20 bits per heavy atom. The highest BCUT2D eigenvalue weighted by molar-refractivity contribution is 5.82. The summed E-state index contributed by atoms with van der Waals surface area (Å²) in [6.07, 6.45) is 0.798. The van der Waals surface area contributed by atoms with E-state index >= 15 is 0 Å². The summed E-state index contributed by atoms with van der Waals surface area (Å²) in [7, 11) is 7.04. The smallest absolute Gasteiger partial charge is 0.331 e. The van der Waals surface area contributed by atoms with Crippen LogP contribution < -0.4 is 20.7 Å². The van der Waals surface area contributed by atoms with E-state index in [0.29, 0.717) is 28.9 Å². The van der Waals surface area contributed by atoms with Gasteiger partial charge in [-0.2, -0.15) is 0 Å². The topological polar surface area (TPSA) is 65.7 Å². The number of aryl methyl sites for hydroxylation is 1. The Morgan fingerprint density at radius 2 is 1.68 bits per heavy atom. The van der Waals surface area contributed by atoms with Crippen LogP contribution in [0.2, 0.25) is 0 Å². The van der Waals surface area contributed by atoms with Gasteiger partial charge in [-0.25, -0.2) is 4.79 Å². The van der Waals surface area contributed by atoms with Gasteiger partial charge < -0.3 is 14.4 Å². The van der Waals surface area contributed by atoms with Gasteiger partial charge in [0, 0.05) is 18.7 Å². The van der Waals surface area contributed by atoms with Crippen molar-refractivity contribution in [2.45, 2.75) is 32.9 Å². The van der Waals surface area contributed by atoms with Gasteiger partial charge in [0.05, 0.1) is 25.1 Å². The highest BCUT2D eigenvalue weighted by Gasteiger charge is 2.18. The van der Waals surface area contributed by atoms with Gasteiger partial charge in [0.2, 0.25) is 0 Å². The third kappa shape index (κ3) is 3.71. The van der Waals surface area contributed by atoms with Crippen molar-refractivity contribution in [1.29, 1.82) is 0 Å². The molecule has 0 aliphatic heterocycles. The van der Waals surface area contributed by atoms with Crippen LogP contribution in [0.1, 0.15) is 26.3 Å². The minimum absolute atomic E-state index is 0.224. The zero-order valence-corrected chi connectivity index (χ0v) is 15.8. The highest BCUT2D eigenvalue weighted by atomic mass is 16.5. The van der Waals surface area contributed by atoms with Crippen molar-refractivity contribution < 1.29 is 9.47 Å². The number of methoxy groups -OCH3 is 2. The molecule has 0 fully saturated rings. The summed E-state index contributed by atoms with van der Waals surface area (Å²) in [5, 5.41) is 0.454. The molecule has 0 atom stereocenters. The summed E-state index contributed by atoms with van der Waals surface area (Å²) in [5.74, 6) is 0.971. The van der Waals surface area contributed by atoms with Crippen molar-refractivity contribution in [3.63, 3.8) is 0 Å². The van der Waals surface area contributed by atoms with E-state index in [-0.39, 0.29) is 17.3 Å². The van der Waals surface area contributed by atoms with Gasteiger partial charge in [-0.15, -0.1) is 0 Å². The zero-order valence-electron chi connectivity index (χ0n) is 15.8. The number of rotatable bonds is 7. The Bertz CT molecular complexity index is 865. The molecule has 0 saturated heterocycles. The molecule has 0 spiro atoms. The van der Waals surface area contributed by atoms with Crippen molar-refractivity contribution >= 4 is 10.9 Å².